The zero-order valence-corrected chi connectivity index (χ0v) is 11.5. The molecule has 1 rings (SSSR count). The van der Waals surface area contributed by atoms with Gasteiger partial charge in [-0.3, -0.25) is 9.00 Å². The summed E-state index contributed by atoms with van der Waals surface area (Å²) in [7, 11) is 1.12. The van der Waals surface area contributed by atoms with Crippen molar-refractivity contribution < 1.29 is 14.1 Å². The quantitative estimate of drug-likeness (QED) is 0.783. The van der Waals surface area contributed by atoms with Gasteiger partial charge in [-0.25, -0.2) is 0 Å². The Hall–Kier alpha value is -0.420. The Balaban J connectivity index is 2.25. The number of aliphatic carboxylic acids is 1. The molecule has 0 aromatic rings. The molecule has 0 aliphatic carbocycles. The number of piperidine rings is 1. The molecule has 17 heavy (non-hydrogen) atoms. The number of nitrogens with zero attached hydrogens (tertiary/aromatic N) is 1. The lowest BCUT2D eigenvalue weighted by Gasteiger charge is -2.32. The Kier molecular flexibility index (Phi) is 6.12. The van der Waals surface area contributed by atoms with E-state index in [2.05, 4.69) is 11.9 Å². The third-order valence-corrected chi connectivity index (χ3v) is 5.02. The highest BCUT2D eigenvalue weighted by Gasteiger charge is 2.20. The Labute approximate surface area is 106 Å². The van der Waals surface area contributed by atoms with Crippen LogP contribution < -0.4 is 0 Å². The summed E-state index contributed by atoms with van der Waals surface area (Å²) in [4.78, 5) is 13.0. The van der Waals surface area contributed by atoms with Crippen molar-refractivity contribution in [3.8, 4) is 0 Å². The van der Waals surface area contributed by atoms with Gasteiger partial charge in [-0.2, -0.15) is 0 Å². The van der Waals surface area contributed by atoms with Crippen LogP contribution in [0, 0.1) is 5.92 Å². The fourth-order valence-electron chi connectivity index (χ4n) is 2.21. The maximum atomic E-state index is 11.7. The van der Waals surface area contributed by atoms with Crippen molar-refractivity contribution in [2.45, 2.75) is 38.6 Å². The van der Waals surface area contributed by atoms with Crippen LogP contribution in [-0.4, -0.2) is 51.3 Å². The molecule has 0 aromatic heterocycles. The minimum Gasteiger partial charge on any atom is -0.481 e. The number of carboxylic acids is 1. The van der Waals surface area contributed by atoms with Gasteiger partial charge in [-0.05, 0) is 32.9 Å². The molecule has 100 valence electrons. The third kappa shape index (κ3) is 5.17. The van der Waals surface area contributed by atoms with E-state index < -0.39 is 22.7 Å². The van der Waals surface area contributed by atoms with E-state index in [0.29, 0.717) is 11.8 Å². The summed E-state index contributed by atoms with van der Waals surface area (Å²) >= 11 is 0. The molecular weight excluding hydrogens is 238 g/mol. The topological polar surface area (TPSA) is 57.6 Å². The van der Waals surface area contributed by atoms with Gasteiger partial charge in [-0.15, -0.1) is 0 Å². The molecule has 4 nitrogen and oxygen atoms in total. The van der Waals surface area contributed by atoms with Gasteiger partial charge in [0.25, 0.3) is 0 Å². The first kappa shape index (κ1) is 14.6. The van der Waals surface area contributed by atoms with E-state index in [-0.39, 0.29) is 5.75 Å². The van der Waals surface area contributed by atoms with Gasteiger partial charge in [0.05, 0.1) is 5.92 Å². The monoisotopic (exact) mass is 261 g/mol. The molecule has 1 heterocycles. The highest BCUT2D eigenvalue weighted by atomic mass is 32.2. The van der Waals surface area contributed by atoms with Crippen LogP contribution >= 0.6 is 0 Å². The summed E-state index contributed by atoms with van der Waals surface area (Å²) in [5, 5.41) is 8.75. The van der Waals surface area contributed by atoms with E-state index in [1.54, 1.807) is 6.92 Å². The second kappa shape index (κ2) is 7.11. The average Bonchev–Trinajstić information content (AvgIpc) is 2.27. The van der Waals surface area contributed by atoms with Gasteiger partial charge < -0.3 is 10.0 Å². The van der Waals surface area contributed by atoms with E-state index in [9.17, 15) is 9.00 Å². The zero-order valence-electron chi connectivity index (χ0n) is 10.7. The normalized spacial score (nSPS) is 25.4. The molecule has 1 saturated heterocycles. The van der Waals surface area contributed by atoms with Crippen molar-refractivity contribution in [3.63, 3.8) is 0 Å². The van der Waals surface area contributed by atoms with Crippen LogP contribution in [-0.2, 0) is 15.6 Å². The van der Waals surface area contributed by atoms with Crippen LogP contribution in [0.25, 0.3) is 0 Å². The zero-order chi connectivity index (χ0) is 12.8. The number of carbonyl (C=O) groups is 1. The average molecular weight is 261 g/mol. The van der Waals surface area contributed by atoms with Crippen molar-refractivity contribution in [3.05, 3.63) is 0 Å². The Morgan fingerprint density at radius 3 is 2.82 bits per heavy atom. The van der Waals surface area contributed by atoms with E-state index in [1.807, 2.05) is 0 Å². The van der Waals surface area contributed by atoms with E-state index in [1.165, 1.54) is 19.3 Å². The van der Waals surface area contributed by atoms with E-state index in [0.717, 1.165) is 13.0 Å². The minimum atomic E-state index is -0.995. The number of carboxylic acid groups (broad SMARTS) is 1. The third-order valence-electron chi connectivity index (χ3n) is 3.46. The maximum absolute atomic E-state index is 11.7. The SMILES string of the molecule is CC(CS(=O)CCC1CCCCN1C)C(=O)O. The molecule has 1 aliphatic heterocycles. The molecule has 0 saturated carbocycles. The standard InChI is InChI=1S/C12H23NO3S/c1-10(12(14)15)9-17(16)8-6-11-5-3-4-7-13(11)2/h10-11H,3-9H2,1-2H3,(H,14,15). The molecule has 5 heteroatoms. The van der Waals surface area contributed by atoms with Gasteiger partial charge in [0, 0.05) is 28.3 Å². The molecule has 0 amide bonds. The second-order valence-electron chi connectivity index (χ2n) is 4.97. The van der Waals surface area contributed by atoms with Gasteiger partial charge in [-0.1, -0.05) is 13.3 Å². The molecule has 0 aromatic carbocycles. The van der Waals surface area contributed by atoms with Gasteiger partial charge in [0.2, 0.25) is 0 Å². The minimum absolute atomic E-state index is 0.283. The molecular formula is C12H23NO3S. The highest BCUT2D eigenvalue weighted by Crippen LogP contribution is 2.18. The number of hydrogen-bond donors (Lipinski definition) is 1. The highest BCUT2D eigenvalue weighted by molar-refractivity contribution is 7.85. The first-order valence-electron chi connectivity index (χ1n) is 6.28. The molecule has 0 radical (unpaired) electrons. The lowest BCUT2D eigenvalue weighted by molar-refractivity contribution is -0.140. The first-order valence-corrected chi connectivity index (χ1v) is 7.77. The molecule has 0 spiro atoms. The van der Waals surface area contributed by atoms with Crippen molar-refractivity contribution >= 4 is 16.8 Å². The summed E-state index contributed by atoms with van der Waals surface area (Å²) < 4.78 is 11.7. The van der Waals surface area contributed by atoms with Crippen molar-refractivity contribution in [2.75, 3.05) is 25.1 Å². The fraction of sp³-hybridized carbons (Fsp3) is 0.917. The van der Waals surface area contributed by atoms with Crippen LogP contribution in [0.3, 0.4) is 0 Å². The summed E-state index contributed by atoms with van der Waals surface area (Å²) in [5.74, 6) is -0.439. The summed E-state index contributed by atoms with van der Waals surface area (Å²) in [6, 6.07) is 0.535. The van der Waals surface area contributed by atoms with Crippen LogP contribution in [0.15, 0.2) is 0 Å². The van der Waals surface area contributed by atoms with Gasteiger partial charge in [0.15, 0.2) is 0 Å². The van der Waals surface area contributed by atoms with Crippen LogP contribution in [0.4, 0.5) is 0 Å². The van der Waals surface area contributed by atoms with Crippen LogP contribution in [0.5, 0.6) is 0 Å². The van der Waals surface area contributed by atoms with E-state index >= 15 is 0 Å². The number of likely N-dealkylation sites (tertiary alicyclic amines) is 1. The fourth-order valence-corrected chi connectivity index (χ4v) is 3.61. The number of rotatable bonds is 6. The van der Waals surface area contributed by atoms with Crippen LogP contribution in [0.1, 0.15) is 32.6 Å². The maximum Gasteiger partial charge on any atom is 0.307 e. The first-order chi connectivity index (χ1) is 8.00. The summed E-state index contributed by atoms with van der Waals surface area (Å²) in [6.45, 7) is 2.75. The lowest BCUT2D eigenvalue weighted by atomic mass is 10.0. The molecule has 1 N–H and O–H groups in total. The predicted molar refractivity (Wildman–Crippen MR) is 69.6 cm³/mol. The number of hydrogen-bond acceptors (Lipinski definition) is 3. The summed E-state index contributed by atoms with van der Waals surface area (Å²) in [6.07, 6.45) is 4.62. The smallest absolute Gasteiger partial charge is 0.307 e. The van der Waals surface area contributed by atoms with E-state index in [4.69, 9.17) is 5.11 Å². The second-order valence-corrected chi connectivity index (χ2v) is 6.59. The Morgan fingerprint density at radius 1 is 1.53 bits per heavy atom. The Bertz CT molecular complexity index is 283. The summed E-state index contributed by atoms with van der Waals surface area (Å²) in [5.41, 5.74) is 0. The molecule has 1 aliphatic rings. The Morgan fingerprint density at radius 2 is 2.24 bits per heavy atom. The lowest BCUT2D eigenvalue weighted by Crippen LogP contribution is -2.37. The largest absolute Gasteiger partial charge is 0.481 e. The molecule has 3 unspecified atom stereocenters. The predicted octanol–water partition coefficient (Wildman–Crippen LogP) is 1.33. The van der Waals surface area contributed by atoms with Crippen molar-refractivity contribution in [1.82, 2.24) is 4.90 Å². The van der Waals surface area contributed by atoms with Gasteiger partial charge in [0.1, 0.15) is 0 Å². The molecule has 3 atom stereocenters. The van der Waals surface area contributed by atoms with Gasteiger partial charge >= 0.3 is 5.97 Å². The molecule has 0 bridgehead atoms. The van der Waals surface area contributed by atoms with Crippen molar-refractivity contribution in [2.24, 2.45) is 5.92 Å². The van der Waals surface area contributed by atoms with Crippen LogP contribution in [0.2, 0.25) is 0 Å². The van der Waals surface area contributed by atoms with Crippen molar-refractivity contribution in [1.29, 1.82) is 0 Å². The molecule has 1 fully saturated rings.